The van der Waals surface area contributed by atoms with Gasteiger partial charge in [0, 0.05) is 12.3 Å². The molecule has 92 valence electrons. The molecule has 0 amide bonds. The first-order chi connectivity index (χ1) is 7.33. The summed E-state index contributed by atoms with van der Waals surface area (Å²) in [5, 5.41) is 0. The Morgan fingerprint density at radius 3 is 2.56 bits per heavy atom. The van der Waals surface area contributed by atoms with Crippen LogP contribution < -0.4 is 0 Å². The molecule has 16 heavy (non-hydrogen) atoms. The molecule has 0 radical (unpaired) electrons. The van der Waals surface area contributed by atoms with Crippen molar-refractivity contribution in [3.63, 3.8) is 0 Å². The maximum Gasteiger partial charge on any atom is 0.137 e. The zero-order valence-corrected chi connectivity index (χ0v) is 11.4. The van der Waals surface area contributed by atoms with Crippen LogP contribution in [0.1, 0.15) is 53.9 Å². The van der Waals surface area contributed by atoms with Crippen molar-refractivity contribution in [1.29, 1.82) is 0 Å². The van der Waals surface area contributed by atoms with E-state index in [1.807, 2.05) is 0 Å². The number of carbonyl (C=O) groups excluding carboxylic acids is 1. The third-order valence-corrected chi connectivity index (χ3v) is 4.76. The first-order valence-electron chi connectivity index (χ1n) is 6.85. The largest absolute Gasteiger partial charge is 0.299 e. The molecule has 4 atom stereocenters. The maximum absolute atomic E-state index is 12.4. The minimum atomic E-state index is 0.239. The molecular formula is C15H26O. The van der Waals surface area contributed by atoms with Crippen LogP contribution in [0.5, 0.6) is 0 Å². The molecule has 1 unspecified atom stereocenters. The average Bonchev–Trinajstić information content (AvgIpc) is 2.79. The summed E-state index contributed by atoms with van der Waals surface area (Å²) in [6.45, 7) is 11.2. The molecule has 0 saturated heterocycles. The third-order valence-electron chi connectivity index (χ3n) is 4.76. The lowest BCUT2D eigenvalue weighted by Crippen LogP contribution is -2.40. The number of ketones is 1. The van der Waals surface area contributed by atoms with E-state index in [2.05, 4.69) is 34.6 Å². The van der Waals surface area contributed by atoms with Crippen molar-refractivity contribution in [2.45, 2.75) is 53.9 Å². The predicted molar refractivity (Wildman–Crippen MR) is 67.1 cm³/mol. The van der Waals surface area contributed by atoms with Crippen molar-refractivity contribution in [2.75, 3.05) is 0 Å². The predicted octanol–water partition coefficient (Wildman–Crippen LogP) is 3.92. The molecule has 2 fully saturated rings. The maximum atomic E-state index is 12.4. The highest BCUT2D eigenvalue weighted by Gasteiger charge is 2.55. The normalized spacial score (nSPS) is 40.6. The van der Waals surface area contributed by atoms with Gasteiger partial charge in [-0.2, -0.15) is 0 Å². The fourth-order valence-corrected chi connectivity index (χ4v) is 4.17. The second-order valence-electron chi connectivity index (χ2n) is 7.25. The summed E-state index contributed by atoms with van der Waals surface area (Å²) >= 11 is 0. The van der Waals surface area contributed by atoms with E-state index in [0.717, 1.165) is 18.3 Å². The highest BCUT2D eigenvalue weighted by atomic mass is 16.1. The van der Waals surface area contributed by atoms with Crippen LogP contribution in [0.3, 0.4) is 0 Å². The molecule has 0 spiro atoms. The van der Waals surface area contributed by atoms with Gasteiger partial charge in [0.2, 0.25) is 0 Å². The fourth-order valence-electron chi connectivity index (χ4n) is 4.17. The SMILES string of the molecule is CC(C)CC(=O)[C@@H]1C(C)[C@H]2C[C@@H]2CC1(C)C. The van der Waals surface area contributed by atoms with Crippen LogP contribution in [-0.4, -0.2) is 5.78 Å². The van der Waals surface area contributed by atoms with Gasteiger partial charge in [0.1, 0.15) is 5.78 Å². The van der Waals surface area contributed by atoms with E-state index in [0.29, 0.717) is 23.5 Å². The highest BCUT2D eigenvalue weighted by Crippen LogP contribution is 2.61. The third kappa shape index (κ3) is 2.06. The molecule has 2 aliphatic carbocycles. The Kier molecular flexibility index (Phi) is 2.92. The van der Waals surface area contributed by atoms with E-state index in [9.17, 15) is 4.79 Å². The second-order valence-corrected chi connectivity index (χ2v) is 7.25. The molecule has 2 rings (SSSR count). The van der Waals surface area contributed by atoms with Crippen molar-refractivity contribution >= 4 is 5.78 Å². The van der Waals surface area contributed by atoms with Gasteiger partial charge in [0.15, 0.2) is 0 Å². The summed E-state index contributed by atoms with van der Waals surface area (Å²) in [6, 6.07) is 0. The highest BCUT2D eigenvalue weighted by molar-refractivity contribution is 5.82. The molecule has 0 heterocycles. The van der Waals surface area contributed by atoms with Gasteiger partial charge >= 0.3 is 0 Å². The Labute approximate surface area is 100.0 Å². The number of rotatable bonds is 3. The van der Waals surface area contributed by atoms with E-state index in [1.165, 1.54) is 12.8 Å². The molecule has 0 aliphatic heterocycles. The topological polar surface area (TPSA) is 17.1 Å². The fraction of sp³-hybridized carbons (Fsp3) is 0.933. The number of Topliss-reactive ketones (excluding diaryl/α,β-unsaturated/α-hetero) is 1. The standard InChI is InChI=1S/C15H26O/c1-9(2)6-13(16)14-10(3)12-7-11(12)8-15(14,4)5/h9-12,14H,6-8H2,1-5H3/t10?,11-,12-,14+/m1/s1. The lowest BCUT2D eigenvalue weighted by Gasteiger charge is -2.42. The molecule has 2 saturated carbocycles. The number of carbonyl (C=O) groups is 1. The van der Waals surface area contributed by atoms with E-state index in [-0.39, 0.29) is 5.41 Å². The Balaban J connectivity index is 2.13. The van der Waals surface area contributed by atoms with Crippen LogP contribution in [0.25, 0.3) is 0 Å². The summed E-state index contributed by atoms with van der Waals surface area (Å²) in [6.07, 6.45) is 3.43. The molecule has 1 heteroatoms. The van der Waals surface area contributed by atoms with Gasteiger partial charge in [-0.1, -0.05) is 34.6 Å². The average molecular weight is 222 g/mol. The van der Waals surface area contributed by atoms with Gasteiger partial charge in [-0.25, -0.2) is 0 Å². The molecule has 0 bridgehead atoms. The molecule has 0 aromatic rings. The summed E-state index contributed by atoms with van der Waals surface area (Å²) in [7, 11) is 0. The Morgan fingerprint density at radius 1 is 1.38 bits per heavy atom. The molecule has 0 aromatic carbocycles. The minimum absolute atomic E-state index is 0.239. The van der Waals surface area contributed by atoms with Crippen molar-refractivity contribution in [1.82, 2.24) is 0 Å². The Hall–Kier alpha value is -0.330. The number of hydrogen-bond donors (Lipinski definition) is 0. The van der Waals surface area contributed by atoms with Gasteiger partial charge in [0.05, 0.1) is 0 Å². The second kappa shape index (κ2) is 3.85. The molecular weight excluding hydrogens is 196 g/mol. The Morgan fingerprint density at radius 2 is 2.00 bits per heavy atom. The summed E-state index contributed by atoms with van der Waals surface area (Å²) in [5.74, 6) is 3.78. The van der Waals surface area contributed by atoms with Crippen molar-refractivity contribution in [3.05, 3.63) is 0 Å². The van der Waals surface area contributed by atoms with Crippen molar-refractivity contribution in [3.8, 4) is 0 Å². The van der Waals surface area contributed by atoms with Crippen molar-refractivity contribution < 1.29 is 4.79 Å². The molecule has 2 aliphatic rings. The zero-order chi connectivity index (χ0) is 12.1. The quantitative estimate of drug-likeness (QED) is 0.707. The van der Waals surface area contributed by atoms with Gasteiger partial charge in [0.25, 0.3) is 0 Å². The van der Waals surface area contributed by atoms with E-state index in [4.69, 9.17) is 0 Å². The number of fused-ring (bicyclic) bond motifs is 1. The van der Waals surface area contributed by atoms with Gasteiger partial charge in [-0.15, -0.1) is 0 Å². The van der Waals surface area contributed by atoms with Crippen LogP contribution in [0, 0.1) is 35.0 Å². The van der Waals surface area contributed by atoms with Crippen molar-refractivity contribution in [2.24, 2.45) is 35.0 Å². The van der Waals surface area contributed by atoms with E-state index in [1.54, 1.807) is 0 Å². The van der Waals surface area contributed by atoms with Gasteiger partial charge in [-0.05, 0) is 41.9 Å². The monoisotopic (exact) mass is 222 g/mol. The smallest absolute Gasteiger partial charge is 0.137 e. The van der Waals surface area contributed by atoms with Crippen LogP contribution in [-0.2, 0) is 4.79 Å². The van der Waals surface area contributed by atoms with Gasteiger partial charge in [-0.3, -0.25) is 4.79 Å². The molecule has 0 N–H and O–H groups in total. The van der Waals surface area contributed by atoms with Gasteiger partial charge < -0.3 is 0 Å². The summed E-state index contributed by atoms with van der Waals surface area (Å²) in [4.78, 5) is 12.4. The van der Waals surface area contributed by atoms with Crippen LogP contribution in [0.2, 0.25) is 0 Å². The zero-order valence-electron chi connectivity index (χ0n) is 11.4. The van der Waals surface area contributed by atoms with E-state index < -0.39 is 0 Å². The van der Waals surface area contributed by atoms with Crippen LogP contribution in [0.4, 0.5) is 0 Å². The molecule has 0 aromatic heterocycles. The lowest BCUT2D eigenvalue weighted by atomic mass is 9.62. The first kappa shape index (κ1) is 12.1. The van der Waals surface area contributed by atoms with Crippen LogP contribution in [0.15, 0.2) is 0 Å². The number of hydrogen-bond acceptors (Lipinski definition) is 1. The minimum Gasteiger partial charge on any atom is -0.299 e. The van der Waals surface area contributed by atoms with Crippen LogP contribution >= 0.6 is 0 Å². The lowest BCUT2D eigenvalue weighted by molar-refractivity contribution is -0.131. The molecule has 1 nitrogen and oxygen atoms in total. The summed E-state index contributed by atoms with van der Waals surface area (Å²) in [5.41, 5.74) is 0.239. The first-order valence-corrected chi connectivity index (χ1v) is 6.85. The summed E-state index contributed by atoms with van der Waals surface area (Å²) < 4.78 is 0. The Bertz CT molecular complexity index is 290. The van der Waals surface area contributed by atoms with E-state index >= 15 is 0 Å².